The molecule has 1 N–H and O–H groups in total. The summed E-state index contributed by atoms with van der Waals surface area (Å²) in [5, 5.41) is 21.3. The van der Waals surface area contributed by atoms with Crippen LogP contribution in [0.3, 0.4) is 0 Å². The second kappa shape index (κ2) is 8.96. The number of halogens is 3. The Bertz CT molecular complexity index is 1230. The van der Waals surface area contributed by atoms with Crippen LogP contribution in [0.4, 0.5) is 29.3 Å². The molecule has 182 valence electrons. The van der Waals surface area contributed by atoms with Crippen molar-refractivity contribution in [1.82, 2.24) is 0 Å². The van der Waals surface area contributed by atoms with E-state index < -0.39 is 29.4 Å². The highest BCUT2D eigenvalue weighted by atomic mass is 19.4. The van der Waals surface area contributed by atoms with Gasteiger partial charge in [0.05, 0.1) is 17.2 Å². The van der Waals surface area contributed by atoms with Crippen LogP contribution in [-0.4, -0.2) is 28.8 Å². The molecule has 6 nitrogen and oxygen atoms in total. The van der Waals surface area contributed by atoms with E-state index >= 15 is 0 Å². The molecule has 9 heteroatoms. The maximum Gasteiger partial charge on any atom is 0.573 e. The van der Waals surface area contributed by atoms with Crippen LogP contribution in [0.5, 0.6) is 0 Å². The van der Waals surface area contributed by atoms with Crippen molar-refractivity contribution in [3.05, 3.63) is 96.3 Å². The molecule has 1 saturated heterocycles. The molecule has 0 saturated carbocycles. The summed E-state index contributed by atoms with van der Waals surface area (Å²) in [5.74, 6) is -0.794. The number of anilines is 2. The fraction of sp³-hybridized carbons (Fsp3) is 0.231. The zero-order valence-electron chi connectivity index (χ0n) is 19.4. The maximum absolute atomic E-state index is 13.8. The summed E-state index contributed by atoms with van der Waals surface area (Å²) in [6.45, 7) is 12.0. The van der Waals surface area contributed by atoms with Crippen LogP contribution in [0.15, 0.2) is 85.2 Å². The monoisotopic (exact) mass is 483 g/mol. The van der Waals surface area contributed by atoms with Crippen LogP contribution in [0.1, 0.15) is 25.0 Å². The lowest BCUT2D eigenvalue weighted by molar-refractivity contribution is -0.303. The average Bonchev–Trinajstić information content (AvgIpc) is 2.93. The Hall–Kier alpha value is -4.03. The van der Waals surface area contributed by atoms with Crippen molar-refractivity contribution in [2.75, 3.05) is 9.80 Å². The third-order valence-electron chi connectivity index (χ3n) is 5.85. The minimum absolute atomic E-state index is 0.149. The number of alkyl halides is 3. The molecule has 1 heterocycles. The van der Waals surface area contributed by atoms with E-state index in [1.807, 2.05) is 13.0 Å². The molecule has 2 aromatic rings. The number of hydrogen-bond acceptors (Lipinski definition) is 4. The number of carbonyl (C=O) groups is 1. The first-order valence-corrected chi connectivity index (χ1v) is 10.5. The van der Waals surface area contributed by atoms with Crippen LogP contribution in [-0.2, 0) is 4.74 Å². The largest absolute Gasteiger partial charge is 0.573 e. The lowest BCUT2D eigenvalue weighted by Crippen LogP contribution is -2.59. The Morgan fingerprint density at radius 3 is 2.09 bits per heavy atom. The number of benzene rings is 2. The number of nitriles is 1. The molecule has 0 aromatic heterocycles. The fourth-order valence-electron chi connectivity index (χ4n) is 4.15. The van der Waals surface area contributed by atoms with E-state index in [1.165, 1.54) is 29.2 Å². The van der Waals surface area contributed by atoms with Crippen LogP contribution in [0.25, 0.3) is 0 Å². The van der Waals surface area contributed by atoms with E-state index in [0.29, 0.717) is 11.3 Å². The number of amides is 2. The molecule has 1 fully saturated rings. The van der Waals surface area contributed by atoms with Crippen molar-refractivity contribution >= 4 is 17.4 Å². The molecule has 1 aliphatic rings. The SMILES string of the molecule is C=C/C(=C\C(=C)OC(F)(F)F)C1(O)N(c2ccc(C#N)cc2)C(=O)N(c2ccc(C)cc2)C1(C)C. The van der Waals surface area contributed by atoms with Crippen molar-refractivity contribution in [3.63, 3.8) is 0 Å². The highest BCUT2D eigenvalue weighted by Gasteiger charge is 2.64. The normalized spacial score (nSPS) is 19.9. The van der Waals surface area contributed by atoms with E-state index in [2.05, 4.69) is 17.9 Å². The smallest absolute Gasteiger partial charge is 0.406 e. The first-order chi connectivity index (χ1) is 16.3. The predicted molar refractivity (Wildman–Crippen MR) is 126 cm³/mol. The second-order valence-corrected chi connectivity index (χ2v) is 8.50. The Balaban J connectivity index is 2.25. The Morgan fingerprint density at radius 2 is 1.60 bits per heavy atom. The first-order valence-electron chi connectivity index (χ1n) is 10.5. The molecule has 0 radical (unpaired) electrons. The third kappa shape index (κ3) is 4.53. The van der Waals surface area contributed by atoms with Gasteiger partial charge in [0, 0.05) is 16.9 Å². The van der Waals surface area contributed by atoms with Crippen molar-refractivity contribution in [2.45, 2.75) is 38.4 Å². The number of hydrogen-bond donors (Lipinski definition) is 1. The topological polar surface area (TPSA) is 76.8 Å². The number of rotatable bonds is 6. The van der Waals surface area contributed by atoms with E-state index in [1.54, 1.807) is 38.1 Å². The van der Waals surface area contributed by atoms with Gasteiger partial charge in [0.15, 0.2) is 5.72 Å². The van der Waals surface area contributed by atoms with Crippen molar-refractivity contribution in [2.24, 2.45) is 0 Å². The van der Waals surface area contributed by atoms with Gasteiger partial charge in [-0.2, -0.15) is 5.26 Å². The quantitative estimate of drug-likeness (QED) is 0.407. The molecule has 35 heavy (non-hydrogen) atoms. The average molecular weight is 483 g/mol. The van der Waals surface area contributed by atoms with Crippen LogP contribution < -0.4 is 9.80 Å². The minimum Gasteiger partial charge on any atom is -0.406 e. The molecular weight excluding hydrogens is 459 g/mol. The lowest BCUT2D eigenvalue weighted by atomic mass is 9.82. The van der Waals surface area contributed by atoms with Gasteiger partial charge in [0.2, 0.25) is 0 Å². The van der Waals surface area contributed by atoms with Gasteiger partial charge < -0.3 is 9.84 Å². The summed E-state index contributed by atoms with van der Waals surface area (Å²) < 4.78 is 42.2. The van der Waals surface area contributed by atoms with Crippen molar-refractivity contribution in [1.29, 1.82) is 5.26 Å². The van der Waals surface area contributed by atoms with E-state index in [4.69, 9.17) is 5.26 Å². The Kier molecular flexibility index (Phi) is 6.55. The molecule has 0 aliphatic carbocycles. The molecule has 0 spiro atoms. The number of nitrogens with zero attached hydrogens (tertiary/aromatic N) is 3. The molecule has 1 aliphatic heterocycles. The molecule has 1 unspecified atom stereocenters. The summed E-state index contributed by atoms with van der Waals surface area (Å²) in [5.41, 5.74) is -1.84. The number of aliphatic hydroxyl groups is 1. The molecule has 2 amide bonds. The number of urea groups is 1. The highest BCUT2D eigenvalue weighted by molar-refractivity contribution is 6.10. The van der Waals surface area contributed by atoms with Gasteiger partial charge in [-0.05, 0) is 63.2 Å². The molecule has 3 rings (SSSR count). The summed E-state index contributed by atoms with van der Waals surface area (Å²) in [4.78, 5) is 16.3. The van der Waals surface area contributed by atoms with Gasteiger partial charge in [-0.1, -0.05) is 36.9 Å². The molecule has 0 bridgehead atoms. The summed E-state index contributed by atoms with van der Waals surface area (Å²) in [6, 6.07) is 14.2. The zero-order chi connectivity index (χ0) is 26.2. The first kappa shape index (κ1) is 25.6. The van der Waals surface area contributed by atoms with E-state index in [0.717, 1.165) is 22.6 Å². The highest BCUT2D eigenvalue weighted by Crippen LogP contribution is 2.49. The van der Waals surface area contributed by atoms with Gasteiger partial charge in [-0.25, -0.2) is 4.79 Å². The van der Waals surface area contributed by atoms with Gasteiger partial charge in [0.1, 0.15) is 5.76 Å². The van der Waals surface area contributed by atoms with Gasteiger partial charge in [-0.3, -0.25) is 9.80 Å². The summed E-state index contributed by atoms with van der Waals surface area (Å²) in [6.07, 6.45) is -2.95. The molecular formula is C26H24F3N3O3. The third-order valence-corrected chi connectivity index (χ3v) is 5.85. The molecule has 2 aromatic carbocycles. The Labute approximate surface area is 201 Å². The summed E-state index contributed by atoms with van der Waals surface area (Å²) >= 11 is 0. The van der Waals surface area contributed by atoms with Crippen LogP contribution in [0, 0.1) is 18.3 Å². The lowest BCUT2D eigenvalue weighted by Gasteiger charge is -2.43. The minimum atomic E-state index is -5.00. The Morgan fingerprint density at radius 1 is 1.09 bits per heavy atom. The fourth-order valence-corrected chi connectivity index (χ4v) is 4.15. The van der Waals surface area contributed by atoms with Gasteiger partial charge in [-0.15, -0.1) is 13.2 Å². The number of ether oxygens (including phenoxy) is 1. The molecule has 1 atom stereocenters. The predicted octanol–water partition coefficient (Wildman–Crippen LogP) is 5.94. The van der Waals surface area contributed by atoms with Gasteiger partial charge >= 0.3 is 12.4 Å². The van der Waals surface area contributed by atoms with Crippen molar-refractivity contribution in [3.8, 4) is 6.07 Å². The number of carbonyl (C=O) groups excluding carboxylic acids is 1. The van der Waals surface area contributed by atoms with Crippen molar-refractivity contribution < 1.29 is 27.8 Å². The number of allylic oxidation sites excluding steroid dienone is 1. The number of aryl methyl sites for hydroxylation is 1. The van der Waals surface area contributed by atoms with Crippen LogP contribution >= 0.6 is 0 Å². The zero-order valence-corrected chi connectivity index (χ0v) is 19.4. The van der Waals surface area contributed by atoms with E-state index in [-0.39, 0.29) is 11.3 Å². The van der Waals surface area contributed by atoms with Gasteiger partial charge in [0.25, 0.3) is 0 Å². The standard InChI is InChI=1S/C26H24F3N3O3/c1-6-20(15-18(3)35-26(27,28)29)25(34)24(4,5)31(21-11-7-17(2)8-12-21)23(33)32(25)22-13-9-19(16-30)10-14-22/h6-15,34H,1,3H2,2,4-5H3/b20-15+. The summed E-state index contributed by atoms with van der Waals surface area (Å²) in [7, 11) is 0. The van der Waals surface area contributed by atoms with E-state index in [9.17, 15) is 23.1 Å². The van der Waals surface area contributed by atoms with Crippen LogP contribution in [0.2, 0.25) is 0 Å². The second-order valence-electron chi connectivity index (χ2n) is 8.50. The maximum atomic E-state index is 13.8.